The van der Waals surface area contributed by atoms with E-state index in [1.54, 1.807) is 35.2 Å². The van der Waals surface area contributed by atoms with Gasteiger partial charge in [0.15, 0.2) is 23.5 Å². The second kappa shape index (κ2) is 7.78. The van der Waals surface area contributed by atoms with Gasteiger partial charge in [-0.05, 0) is 31.5 Å². The third kappa shape index (κ3) is 3.58. The highest BCUT2D eigenvalue weighted by molar-refractivity contribution is 5.89. The quantitative estimate of drug-likeness (QED) is 0.554. The van der Waals surface area contributed by atoms with Crippen molar-refractivity contribution in [2.45, 2.75) is 50.8 Å². The molecule has 11 heteroatoms. The summed E-state index contributed by atoms with van der Waals surface area (Å²) in [6.45, 7) is 3.44. The van der Waals surface area contributed by atoms with Crippen LogP contribution in [0.2, 0.25) is 0 Å². The maximum atomic E-state index is 12.5. The monoisotopic (exact) mass is 441 g/mol. The van der Waals surface area contributed by atoms with E-state index >= 15 is 0 Å². The van der Waals surface area contributed by atoms with Gasteiger partial charge in [-0.1, -0.05) is 12.1 Å². The van der Waals surface area contributed by atoms with Crippen molar-refractivity contribution in [2.75, 3.05) is 12.3 Å². The summed E-state index contributed by atoms with van der Waals surface area (Å²) in [5, 5.41) is 9.28. The zero-order chi connectivity index (χ0) is 22.5. The van der Waals surface area contributed by atoms with Gasteiger partial charge in [0.05, 0.1) is 18.5 Å². The smallest absolute Gasteiger partial charge is 0.338 e. The highest BCUT2D eigenvalue weighted by Crippen LogP contribution is 2.43. The summed E-state index contributed by atoms with van der Waals surface area (Å²) >= 11 is 0. The van der Waals surface area contributed by atoms with Gasteiger partial charge < -0.3 is 29.8 Å². The zero-order valence-corrected chi connectivity index (χ0v) is 17.5. The van der Waals surface area contributed by atoms with Crippen molar-refractivity contribution >= 4 is 23.0 Å². The van der Waals surface area contributed by atoms with Crippen molar-refractivity contribution in [3.8, 4) is 0 Å². The number of carbonyl (C=O) groups is 1. The number of carbonyl (C=O) groups excluding carboxylic acids is 1. The van der Waals surface area contributed by atoms with Gasteiger partial charge in [-0.3, -0.25) is 4.57 Å². The molecule has 3 N–H and O–H groups in total. The lowest BCUT2D eigenvalue weighted by Gasteiger charge is -2.24. The summed E-state index contributed by atoms with van der Waals surface area (Å²) in [5.74, 6) is -1.09. The molecular formula is C21H23N5O6. The van der Waals surface area contributed by atoms with E-state index in [0.717, 1.165) is 0 Å². The third-order valence-corrected chi connectivity index (χ3v) is 5.51. The molecule has 2 saturated heterocycles. The first-order valence-corrected chi connectivity index (χ1v) is 10.2. The molecule has 32 heavy (non-hydrogen) atoms. The zero-order valence-electron chi connectivity index (χ0n) is 17.5. The average molecular weight is 441 g/mol. The molecule has 5 rings (SSSR count). The van der Waals surface area contributed by atoms with Crippen LogP contribution in [0.1, 0.15) is 36.0 Å². The van der Waals surface area contributed by atoms with Crippen molar-refractivity contribution < 1.29 is 28.8 Å². The molecule has 1 aromatic carbocycles. The number of ether oxygens (including phenoxy) is 4. The first-order valence-electron chi connectivity index (χ1n) is 10.2. The Labute approximate surface area is 183 Å². The molecule has 3 aromatic rings. The Balaban J connectivity index is 1.37. The molecule has 168 valence electrons. The number of aliphatic hydroxyl groups is 1. The lowest BCUT2D eigenvalue weighted by Crippen LogP contribution is -2.33. The number of hydrogen-bond acceptors (Lipinski definition) is 10. The van der Waals surface area contributed by atoms with E-state index in [0.29, 0.717) is 22.3 Å². The van der Waals surface area contributed by atoms with Gasteiger partial charge in [-0.2, -0.15) is 0 Å². The lowest BCUT2D eigenvalue weighted by molar-refractivity contribution is -0.199. The Hall–Kier alpha value is -3.12. The molecule has 2 unspecified atom stereocenters. The SMILES string of the molecule is CC1(C)O[C@@H]2C(COC(=O)c3cccc(CO)c3)OC(n3cnc4c(N)ncnc43)[C@@H]2O1. The van der Waals surface area contributed by atoms with Crippen LogP contribution in [0.3, 0.4) is 0 Å². The fourth-order valence-corrected chi connectivity index (χ4v) is 4.11. The standard InChI is InChI=1S/C21H23N5O6/c1-21(2)31-15-13(8-29-20(28)12-5-3-4-11(6-12)7-27)30-19(16(15)32-21)26-10-25-14-17(22)23-9-24-18(14)26/h3-6,9-10,13,15-16,19,27H,7-8H2,1-2H3,(H2,22,23,24)/t13?,15-,16-,19?/m1/s1. The number of benzene rings is 1. The third-order valence-electron chi connectivity index (χ3n) is 5.51. The number of nitrogen functional groups attached to an aromatic ring is 1. The van der Waals surface area contributed by atoms with Crippen molar-refractivity contribution in [3.63, 3.8) is 0 Å². The molecule has 0 amide bonds. The molecule has 0 radical (unpaired) electrons. The predicted molar refractivity (Wildman–Crippen MR) is 110 cm³/mol. The number of esters is 1. The molecule has 2 aliphatic heterocycles. The van der Waals surface area contributed by atoms with E-state index in [4.69, 9.17) is 24.7 Å². The normalized spacial score (nSPS) is 26.3. The summed E-state index contributed by atoms with van der Waals surface area (Å²) in [7, 11) is 0. The van der Waals surface area contributed by atoms with E-state index in [9.17, 15) is 9.90 Å². The van der Waals surface area contributed by atoms with Crippen molar-refractivity contribution in [1.29, 1.82) is 0 Å². The molecule has 2 aliphatic rings. The number of nitrogens with zero attached hydrogens (tertiary/aromatic N) is 4. The number of aliphatic hydroxyl groups excluding tert-OH is 1. The molecular weight excluding hydrogens is 418 g/mol. The van der Waals surface area contributed by atoms with Gasteiger partial charge in [0.25, 0.3) is 0 Å². The molecule has 2 fully saturated rings. The van der Waals surface area contributed by atoms with Gasteiger partial charge >= 0.3 is 5.97 Å². The molecule has 4 atom stereocenters. The Morgan fingerprint density at radius 3 is 2.88 bits per heavy atom. The number of hydrogen-bond donors (Lipinski definition) is 2. The second-order valence-electron chi connectivity index (χ2n) is 8.17. The maximum Gasteiger partial charge on any atom is 0.338 e. The number of fused-ring (bicyclic) bond motifs is 2. The van der Waals surface area contributed by atoms with Crippen LogP contribution in [0.5, 0.6) is 0 Å². The summed E-state index contributed by atoms with van der Waals surface area (Å²) < 4.78 is 25.6. The fraction of sp³-hybridized carbons (Fsp3) is 0.429. The molecule has 11 nitrogen and oxygen atoms in total. The van der Waals surface area contributed by atoms with E-state index < -0.39 is 36.3 Å². The first-order chi connectivity index (χ1) is 15.4. The molecule has 0 bridgehead atoms. The number of nitrogens with two attached hydrogens (primary N) is 1. The van der Waals surface area contributed by atoms with Gasteiger partial charge in [-0.15, -0.1) is 0 Å². The van der Waals surface area contributed by atoms with Crippen molar-refractivity contribution in [2.24, 2.45) is 0 Å². The minimum absolute atomic E-state index is 0.0386. The molecule has 4 heterocycles. The van der Waals surface area contributed by atoms with Crippen LogP contribution in [0, 0.1) is 0 Å². The van der Waals surface area contributed by atoms with E-state index in [1.165, 1.54) is 6.33 Å². The highest BCUT2D eigenvalue weighted by atomic mass is 16.8. The second-order valence-corrected chi connectivity index (χ2v) is 8.17. The van der Waals surface area contributed by atoms with Crippen LogP contribution in [0.15, 0.2) is 36.9 Å². The van der Waals surface area contributed by atoms with Crippen LogP contribution in [-0.4, -0.2) is 61.3 Å². The molecule has 0 aliphatic carbocycles. The van der Waals surface area contributed by atoms with E-state index in [-0.39, 0.29) is 19.0 Å². The highest BCUT2D eigenvalue weighted by Gasteiger charge is 2.56. The molecule has 0 spiro atoms. The number of imidazole rings is 1. The van der Waals surface area contributed by atoms with Gasteiger partial charge in [0, 0.05) is 0 Å². The Kier molecular flexibility index (Phi) is 5.05. The summed E-state index contributed by atoms with van der Waals surface area (Å²) in [4.78, 5) is 25.1. The van der Waals surface area contributed by atoms with Crippen LogP contribution in [0.4, 0.5) is 5.82 Å². The minimum atomic E-state index is -0.834. The van der Waals surface area contributed by atoms with E-state index in [2.05, 4.69) is 15.0 Å². The van der Waals surface area contributed by atoms with Crippen molar-refractivity contribution in [3.05, 3.63) is 48.0 Å². The number of rotatable bonds is 5. The topological polar surface area (TPSA) is 144 Å². The summed E-state index contributed by atoms with van der Waals surface area (Å²) in [6.07, 6.45) is 0.804. The van der Waals surface area contributed by atoms with Gasteiger partial charge in [0.2, 0.25) is 0 Å². The predicted octanol–water partition coefficient (Wildman–Crippen LogP) is 1.18. The lowest BCUT2D eigenvalue weighted by atomic mass is 10.1. The Bertz CT molecular complexity index is 1160. The van der Waals surface area contributed by atoms with Gasteiger partial charge in [-0.25, -0.2) is 19.7 Å². The number of aromatic nitrogens is 4. The average Bonchev–Trinajstić information content (AvgIpc) is 3.43. The van der Waals surface area contributed by atoms with Crippen LogP contribution in [-0.2, 0) is 25.6 Å². The van der Waals surface area contributed by atoms with Crippen LogP contribution in [0.25, 0.3) is 11.2 Å². The summed E-state index contributed by atoms with van der Waals surface area (Å²) in [5.41, 5.74) is 7.85. The minimum Gasteiger partial charge on any atom is -0.459 e. The maximum absolute atomic E-state index is 12.5. The Morgan fingerprint density at radius 1 is 1.25 bits per heavy atom. The summed E-state index contributed by atoms with van der Waals surface area (Å²) in [6, 6.07) is 6.63. The fourth-order valence-electron chi connectivity index (χ4n) is 4.11. The number of anilines is 1. The van der Waals surface area contributed by atoms with Crippen LogP contribution < -0.4 is 5.73 Å². The van der Waals surface area contributed by atoms with Crippen LogP contribution >= 0.6 is 0 Å². The van der Waals surface area contributed by atoms with E-state index in [1.807, 2.05) is 13.8 Å². The van der Waals surface area contributed by atoms with Crippen molar-refractivity contribution in [1.82, 2.24) is 19.5 Å². The van der Waals surface area contributed by atoms with Gasteiger partial charge in [0.1, 0.15) is 36.8 Å². The first kappa shape index (κ1) is 20.8. The molecule has 2 aromatic heterocycles. The largest absolute Gasteiger partial charge is 0.459 e. The molecule has 0 saturated carbocycles. The Morgan fingerprint density at radius 2 is 2.06 bits per heavy atom.